The summed E-state index contributed by atoms with van der Waals surface area (Å²) in [5.41, 5.74) is 3.52. The van der Waals surface area contributed by atoms with Crippen molar-refractivity contribution in [2.75, 3.05) is 36.2 Å². The molecule has 1 saturated heterocycles. The first-order chi connectivity index (χ1) is 14.7. The highest BCUT2D eigenvalue weighted by Gasteiger charge is 2.21. The molecule has 7 nitrogen and oxygen atoms in total. The Labute approximate surface area is 179 Å². The van der Waals surface area contributed by atoms with Crippen molar-refractivity contribution in [3.63, 3.8) is 0 Å². The number of hydrogen-bond donors (Lipinski definition) is 1. The van der Waals surface area contributed by atoms with Gasteiger partial charge in [0.25, 0.3) is 0 Å². The summed E-state index contributed by atoms with van der Waals surface area (Å²) >= 11 is 1.41. The molecule has 2 aromatic carbocycles. The standard InChI is InChI=1S/C22H24N4O3S/c1-29-14-13-26-19-6-3-2-5-18(19)24-22(26)30-15-20(27)23-16-8-10-17(11-9-16)25-12-4-7-21(25)28/h2-3,5-6,8-11H,4,7,12-15H2,1H3,(H,23,27). The van der Waals surface area contributed by atoms with Gasteiger partial charge in [-0.15, -0.1) is 0 Å². The maximum Gasteiger partial charge on any atom is 0.234 e. The molecule has 1 aliphatic rings. The van der Waals surface area contributed by atoms with Crippen LogP contribution in [0.4, 0.5) is 11.4 Å². The lowest BCUT2D eigenvalue weighted by molar-refractivity contribution is -0.117. The topological polar surface area (TPSA) is 76.5 Å². The van der Waals surface area contributed by atoms with Crippen LogP contribution in [0.2, 0.25) is 0 Å². The van der Waals surface area contributed by atoms with E-state index in [1.807, 2.05) is 48.5 Å². The van der Waals surface area contributed by atoms with E-state index >= 15 is 0 Å². The minimum absolute atomic E-state index is 0.102. The molecule has 4 rings (SSSR count). The summed E-state index contributed by atoms with van der Waals surface area (Å²) in [5.74, 6) is 0.303. The molecule has 0 atom stereocenters. The minimum atomic E-state index is -0.102. The quantitative estimate of drug-likeness (QED) is 0.560. The zero-order valence-corrected chi connectivity index (χ0v) is 17.7. The number of nitrogens with one attached hydrogen (secondary N) is 1. The summed E-state index contributed by atoms with van der Waals surface area (Å²) in [5, 5.41) is 3.71. The third-order valence-corrected chi connectivity index (χ3v) is 5.98. The Morgan fingerprint density at radius 1 is 1.20 bits per heavy atom. The Hall–Kier alpha value is -2.84. The Morgan fingerprint density at radius 2 is 2.00 bits per heavy atom. The Morgan fingerprint density at radius 3 is 2.73 bits per heavy atom. The van der Waals surface area contributed by atoms with Crippen LogP contribution in [0, 0.1) is 0 Å². The SMILES string of the molecule is COCCn1c(SCC(=O)Nc2ccc(N3CCCC3=O)cc2)nc2ccccc21. The molecule has 8 heteroatoms. The number of carbonyl (C=O) groups excluding carboxylic acids is 2. The van der Waals surface area contributed by atoms with Crippen molar-refractivity contribution >= 4 is 46.0 Å². The Balaban J connectivity index is 1.38. The number of rotatable bonds is 8. The third-order valence-electron chi connectivity index (χ3n) is 5.01. The summed E-state index contributed by atoms with van der Waals surface area (Å²) in [7, 11) is 1.67. The molecule has 0 radical (unpaired) electrons. The van der Waals surface area contributed by atoms with Crippen LogP contribution in [0.5, 0.6) is 0 Å². The van der Waals surface area contributed by atoms with Gasteiger partial charge in [0.05, 0.1) is 23.4 Å². The minimum Gasteiger partial charge on any atom is -0.383 e. The molecule has 2 heterocycles. The van der Waals surface area contributed by atoms with Gasteiger partial charge in [-0.25, -0.2) is 4.98 Å². The number of amides is 2. The van der Waals surface area contributed by atoms with Gasteiger partial charge in [0.2, 0.25) is 11.8 Å². The summed E-state index contributed by atoms with van der Waals surface area (Å²) < 4.78 is 7.30. The number of thioether (sulfide) groups is 1. The van der Waals surface area contributed by atoms with Crippen LogP contribution in [0.1, 0.15) is 12.8 Å². The molecule has 3 aromatic rings. The van der Waals surface area contributed by atoms with Crippen LogP contribution < -0.4 is 10.2 Å². The Bertz CT molecular complexity index is 1050. The molecule has 0 bridgehead atoms. The summed E-state index contributed by atoms with van der Waals surface area (Å²) in [4.78, 5) is 30.8. The van der Waals surface area contributed by atoms with E-state index in [0.717, 1.165) is 34.8 Å². The van der Waals surface area contributed by atoms with Crippen LogP contribution in [0.15, 0.2) is 53.7 Å². The van der Waals surface area contributed by atoms with Crippen molar-refractivity contribution in [3.8, 4) is 0 Å². The van der Waals surface area contributed by atoms with Crippen molar-refractivity contribution in [2.45, 2.75) is 24.5 Å². The first-order valence-corrected chi connectivity index (χ1v) is 10.9. The van der Waals surface area contributed by atoms with E-state index in [0.29, 0.717) is 25.3 Å². The fourth-order valence-corrected chi connectivity index (χ4v) is 4.38. The number of ether oxygens (including phenoxy) is 1. The van der Waals surface area contributed by atoms with Gasteiger partial charge in [0, 0.05) is 38.0 Å². The Kier molecular flexibility index (Phi) is 6.35. The van der Waals surface area contributed by atoms with E-state index in [1.165, 1.54) is 11.8 Å². The van der Waals surface area contributed by atoms with E-state index in [-0.39, 0.29) is 17.6 Å². The zero-order valence-electron chi connectivity index (χ0n) is 16.8. The number of hydrogen-bond acceptors (Lipinski definition) is 5. The van der Waals surface area contributed by atoms with Gasteiger partial charge < -0.3 is 19.5 Å². The fourth-order valence-electron chi connectivity index (χ4n) is 3.54. The third kappa shape index (κ3) is 4.49. The molecule has 0 unspecified atom stereocenters. The average molecular weight is 425 g/mol. The van der Waals surface area contributed by atoms with Gasteiger partial charge in [-0.05, 0) is 42.8 Å². The van der Waals surface area contributed by atoms with E-state index < -0.39 is 0 Å². The maximum atomic E-state index is 12.5. The summed E-state index contributed by atoms with van der Waals surface area (Å²) in [6.45, 7) is 2.01. The summed E-state index contributed by atoms with van der Waals surface area (Å²) in [6, 6.07) is 15.3. The highest BCUT2D eigenvalue weighted by molar-refractivity contribution is 7.99. The number of fused-ring (bicyclic) bond motifs is 1. The molecule has 1 aliphatic heterocycles. The molecule has 1 fully saturated rings. The largest absolute Gasteiger partial charge is 0.383 e. The van der Waals surface area contributed by atoms with Gasteiger partial charge in [-0.3, -0.25) is 9.59 Å². The van der Waals surface area contributed by atoms with Gasteiger partial charge in [-0.1, -0.05) is 23.9 Å². The number of benzene rings is 2. The van der Waals surface area contributed by atoms with Crippen LogP contribution in [-0.2, 0) is 20.9 Å². The molecule has 0 spiro atoms. The zero-order chi connectivity index (χ0) is 20.9. The lowest BCUT2D eigenvalue weighted by Crippen LogP contribution is -2.23. The van der Waals surface area contributed by atoms with Crippen molar-refractivity contribution < 1.29 is 14.3 Å². The van der Waals surface area contributed by atoms with E-state index in [4.69, 9.17) is 4.74 Å². The second-order valence-corrected chi connectivity index (χ2v) is 8.00. The highest BCUT2D eigenvalue weighted by Crippen LogP contribution is 2.25. The van der Waals surface area contributed by atoms with Crippen LogP contribution in [0.25, 0.3) is 11.0 Å². The van der Waals surface area contributed by atoms with Gasteiger partial charge >= 0.3 is 0 Å². The first kappa shape index (κ1) is 20.4. The predicted octanol–water partition coefficient (Wildman–Crippen LogP) is 3.54. The monoisotopic (exact) mass is 424 g/mol. The number of nitrogens with zero attached hydrogens (tertiary/aromatic N) is 3. The second-order valence-electron chi connectivity index (χ2n) is 7.06. The molecule has 156 valence electrons. The van der Waals surface area contributed by atoms with Crippen LogP contribution in [-0.4, -0.2) is 47.4 Å². The van der Waals surface area contributed by atoms with Crippen LogP contribution in [0.3, 0.4) is 0 Å². The maximum absolute atomic E-state index is 12.5. The van der Waals surface area contributed by atoms with Gasteiger partial charge in [-0.2, -0.15) is 0 Å². The van der Waals surface area contributed by atoms with Crippen molar-refractivity contribution in [2.24, 2.45) is 0 Å². The smallest absolute Gasteiger partial charge is 0.234 e. The summed E-state index contributed by atoms with van der Waals surface area (Å²) in [6.07, 6.45) is 1.49. The molecular formula is C22H24N4O3S. The number of imidazole rings is 1. The van der Waals surface area contributed by atoms with E-state index in [1.54, 1.807) is 12.0 Å². The van der Waals surface area contributed by atoms with Crippen molar-refractivity contribution in [1.82, 2.24) is 9.55 Å². The second kappa shape index (κ2) is 9.32. The molecule has 0 aliphatic carbocycles. The van der Waals surface area contributed by atoms with Crippen LogP contribution >= 0.6 is 11.8 Å². The number of methoxy groups -OCH3 is 1. The van der Waals surface area contributed by atoms with E-state index in [9.17, 15) is 9.59 Å². The van der Waals surface area contributed by atoms with Gasteiger partial charge in [0.15, 0.2) is 5.16 Å². The lowest BCUT2D eigenvalue weighted by Gasteiger charge is -2.16. The van der Waals surface area contributed by atoms with Crippen molar-refractivity contribution in [1.29, 1.82) is 0 Å². The predicted molar refractivity (Wildman–Crippen MR) is 119 cm³/mol. The van der Waals surface area contributed by atoms with Crippen molar-refractivity contribution in [3.05, 3.63) is 48.5 Å². The number of para-hydroxylation sites is 2. The average Bonchev–Trinajstić information content (AvgIpc) is 3.34. The molecule has 2 amide bonds. The molecular weight excluding hydrogens is 400 g/mol. The van der Waals surface area contributed by atoms with Gasteiger partial charge in [0.1, 0.15) is 0 Å². The molecule has 1 N–H and O–H groups in total. The molecule has 30 heavy (non-hydrogen) atoms. The molecule has 0 saturated carbocycles. The number of carbonyl (C=O) groups is 2. The highest BCUT2D eigenvalue weighted by atomic mass is 32.2. The molecule has 1 aromatic heterocycles. The normalized spacial score (nSPS) is 13.9. The first-order valence-electron chi connectivity index (χ1n) is 9.93. The number of aromatic nitrogens is 2. The fraction of sp³-hybridized carbons (Fsp3) is 0.318. The van der Waals surface area contributed by atoms with E-state index in [2.05, 4.69) is 14.9 Å². The number of anilines is 2. The lowest BCUT2D eigenvalue weighted by atomic mass is 10.2.